The molecule has 0 aromatic heterocycles. The van der Waals surface area contributed by atoms with E-state index in [2.05, 4.69) is 0 Å². The standard InChI is InChI=1S/C8H7ClFNO2/c9-7-5-6(1-2-8(7)10)3-4-11(12)13/h1-2,5H,3-4H2. The summed E-state index contributed by atoms with van der Waals surface area (Å²) in [6.07, 6.45) is 0.271. The molecule has 0 aliphatic carbocycles. The fraction of sp³-hybridized carbons (Fsp3) is 0.250. The van der Waals surface area contributed by atoms with E-state index < -0.39 is 10.7 Å². The Kier molecular flexibility index (Phi) is 3.19. The fourth-order valence-electron chi connectivity index (χ4n) is 0.916. The zero-order valence-corrected chi connectivity index (χ0v) is 7.42. The van der Waals surface area contributed by atoms with Crippen LogP contribution >= 0.6 is 11.6 Å². The first-order valence-electron chi connectivity index (χ1n) is 3.65. The van der Waals surface area contributed by atoms with Crippen molar-refractivity contribution in [1.29, 1.82) is 0 Å². The molecule has 0 heterocycles. The number of nitrogens with zero attached hydrogens (tertiary/aromatic N) is 1. The molecular weight excluding hydrogens is 197 g/mol. The van der Waals surface area contributed by atoms with Gasteiger partial charge in [0.15, 0.2) is 0 Å². The van der Waals surface area contributed by atoms with Gasteiger partial charge < -0.3 is 0 Å². The van der Waals surface area contributed by atoms with Gasteiger partial charge in [-0.3, -0.25) is 10.1 Å². The molecule has 1 aromatic rings. The highest BCUT2D eigenvalue weighted by atomic mass is 35.5. The first-order valence-corrected chi connectivity index (χ1v) is 4.03. The summed E-state index contributed by atoms with van der Waals surface area (Å²) in [7, 11) is 0. The van der Waals surface area contributed by atoms with Crippen molar-refractivity contribution < 1.29 is 9.31 Å². The molecular formula is C8H7ClFNO2. The molecule has 0 aliphatic rings. The maximum atomic E-state index is 12.6. The molecule has 70 valence electrons. The summed E-state index contributed by atoms with van der Waals surface area (Å²) in [5, 5.41) is 10.0. The van der Waals surface area contributed by atoms with Gasteiger partial charge in [-0.2, -0.15) is 0 Å². The summed E-state index contributed by atoms with van der Waals surface area (Å²) in [4.78, 5) is 9.60. The van der Waals surface area contributed by atoms with Gasteiger partial charge in [-0.15, -0.1) is 0 Å². The summed E-state index contributed by atoms with van der Waals surface area (Å²) in [5.74, 6) is -0.508. The first-order chi connectivity index (χ1) is 6.09. The third kappa shape index (κ3) is 2.99. The lowest BCUT2D eigenvalue weighted by molar-refractivity contribution is -0.479. The second-order valence-electron chi connectivity index (χ2n) is 2.55. The van der Waals surface area contributed by atoms with Crippen LogP contribution in [-0.2, 0) is 6.42 Å². The Morgan fingerprint density at radius 3 is 2.77 bits per heavy atom. The molecule has 5 heteroatoms. The highest BCUT2D eigenvalue weighted by molar-refractivity contribution is 6.30. The van der Waals surface area contributed by atoms with E-state index in [1.165, 1.54) is 18.2 Å². The van der Waals surface area contributed by atoms with Gasteiger partial charge in [-0.05, 0) is 17.7 Å². The average Bonchev–Trinajstić information content (AvgIpc) is 2.07. The van der Waals surface area contributed by atoms with Crippen LogP contribution in [0.15, 0.2) is 18.2 Å². The van der Waals surface area contributed by atoms with E-state index in [-0.39, 0.29) is 18.0 Å². The van der Waals surface area contributed by atoms with Crippen molar-refractivity contribution in [2.24, 2.45) is 0 Å². The highest BCUT2D eigenvalue weighted by Crippen LogP contribution is 2.16. The lowest BCUT2D eigenvalue weighted by Gasteiger charge is -1.98. The van der Waals surface area contributed by atoms with Crippen LogP contribution < -0.4 is 0 Å². The average molecular weight is 204 g/mol. The predicted molar refractivity (Wildman–Crippen MR) is 47.0 cm³/mol. The number of nitro groups is 1. The molecule has 0 amide bonds. The van der Waals surface area contributed by atoms with Gasteiger partial charge in [-0.25, -0.2) is 4.39 Å². The van der Waals surface area contributed by atoms with Crippen LogP contribution in [0, 0.1) is 15.9 Å². The molecule has 0 aliphatic heterocycles. The summed E-state index contributed by atoms with van der Waals surface area (Å²) < 4.78 is 12.6. The molecule has 0 atom stereocenters. The third-order valence-electron chi connectivity index (χ3n) is 1.57. The maximum Gasteiger partial charge on any atom is 0.207 e. The molecule has 1 aromatic carbocycles. The number of halogens is 2. The topological polar surface area (TPSA) is 43.1 Å². The minimum atomic E-state index is -0.508. The monoisotopic (exact) mass is 203 g/mol. The first kappa shape index (κ1) is 9.92. The Balaban J connectivity index is 2.68. The Morgan fingerprint density at radius 2 is 2.23 bits per heavy atom. The lowest BCUT2D eigenvalue weighted by atomic mass is 10.1. The fourth-order valence-corrected chi connectivity index (χ4v) is 1.12. The zero-order chi connectivity index (χ0) is 9.84. The van der Waals surface area contributed by atoms with Gasteiger partial charge in [0.1, 0.15) is 5.82 Å². The van der Waals surface area contributed by atoms with Gasteiger partial charge in [0.05, 0.1) is 5.02 Å². The molecule has 0 N–H and O–H groups in total. The van der Waals surface area contributed by atoms with Crippen LogP contribution in [0.5, 0.6) is 0 Å². The number of benzene rings is 1. The second kappa shape index (κ2) is 4.18. The number of hydrogen-bond donors (Lipinski definition) is 0. The Morgan fingerprint density at radius 1 is 1.54 bits per heavy atom. The van der Waals surface area contributed by atoms with Crippen LogP contribution in [-0.4, -0.2) is 11.5 Å². The minimum Gasteiger partial charge on any atom is -0.265 e. The van der Waals surface area contributed by atoms with Crippen LogP contribution in [0.3, 0.4) is 0 Å². The molecule has 0 bridgehead atoms. The normalized spacial score (nSPS) is 10.0. The van der Waals surface area contributed by atoms with Gasteiger partial charge in [0, 0.05) is 11.3 Å². The summed E-state index contributed by atoms with van der Waals surface area (Å²) >= 11 is 5.48. The smallest absolute Gasteiger partial charge is 0.207 e. The molecule has 3 nitrogen and oxygen atoms in total. The van der Waals surface area contributed by atoms with Crippen molar-refractivity contribution >= 4 is 11.6 Å². The summed E-state index contributed by atoms with van der Waals surface area (Å²) in [6, 6.07) is 4.10. The van der Waals surface area contributed by atoms with E-state index in [0.717, 1.165) is 0 Å². The predicted octanol–water partition coefficient (Wildman–Crippen LogP) is 2.30. The molecule has 1 rings (SSSR count). The maximum absolute atomic E-state index is 12.6. The van der Waals surface area contributed by atoms with Crippen molar-refractivity contribution in [3.8, 4) is 0 Å². The molecule has 0 unspecified atom stereocenters. The van der Waals surface area contributed by atoms with E-state index in [4.69, 9.17) is 11.6 Å². The zero-order valence-electron chi connectivity index (χ0n) is 6.67. The molecule has 0 saturated carbocycles. The van der Waals surface area contributed by atoms with Crippen molar-refractivity contribution in [2.45, 2.75) is 6.42 Å². The summed E-state index contributed by atoms with van der Waals surface area (Å²) in [5.41, 5.74) is 0.670. The van der Waals surface area contributed by atoms with Crippen molar-refractivity contribution in [2.75, 3.05) is 6.54 Å². The number of hydrogen-bond acceptors (Lipinski definition) is 2. The highest BCUT2D eigenvalue weighted by Gasteiger charge is 2.03. The molecule has 0 saturated heterocycles. The summed E-state index contributed by atoms with van der Waals surface area (Å²) in [6.45, 7) is -0.165. The Hall–Kier alpha value is -1.16. The largest absolute Gasteiger partial charge is 0.265 e. The SMILES string of the molecule is O=[N+]([O-])CCc1ccc(F)c(Cl)c1. The molecule has 0 spiro atoms. The minimum absolute atomic E-state index is 0.000785. The molecule has 0 fully saturated rings. The molecule has 0 radical (unpaired) electrons. The van der Waals surface area contributed by atoms with Crippen LogP contribution in [0.1, 0.15) is 5.56 Å². The number of rotatable bonds is 3. The van der Waals surface area contributed by atoms with E-state index in [0.29, 0.717) is 5.56 Å². The Labute approximate surface area is 79.3 Å². The van der Waals surface area contributed by atoms with Gasteiger partial charge >= 0.3 is 0 Å². The van der Waals surface area contributed by atoms with E-state index >= 15 is 0 Å². The van der Waals surface area contributed by atoms with Crippen LogP contribution in [0.25, 0.3) is 0 Å². The third-order valence-corrected chi connectivity index (χ3v) is 1.86. The van der Waals surface area contributed by atoms with Crippen molar-refractivity contribution in [1.82, 2.24) is 0 Å². The lowest BCUT2D eigenvalue weighted by Crippen LogP contribution is -2.03. The van der Waals surface area contributed by atoms with Gasteiger partial charge in [0.2, 0.25) is 6.54 Å². The van der Waals surface area contributed by atoms with E-state index in [9.17, 15) is 14.5 Å². The van der Waals surface area contributed by atoms with Crippen LogP contribution in [0.2, 0.25) is 5.02 Å². The van der Waals surface area contributed by atoms with Gasteiger partial charge in [-0.1, -0.05) is 17.7 Å². The van der Waals surface area contributed by atoms with E-state index in [1.54, 1.807) is 0 Å². The van der Waals surface area contributed by atoms with E-state index in [1.807, 2.05) is 0 Å². The van der Waals surface area contributed by atoms with Crippen molar-refractivity contribution in [3.63, 3.8) is 0 Å². The van der Waals surface area contributed by atoms with Gasteiger partial charge in [0.25, 0.3) is 0 Å². The quantitative estimate of drug-likeness (QED) is 0.559. The Bertz CT molecular complexity index is 330. The van der Waals surface area contributed by atoms with Crippen LogP contribution in [0.4, 0.5) is 4.39 Å². The van der Waals surface area contributed by atoms with Crippen molar-refractivity contribution in [3.05, 3.63) is 44.7 Å². The molecule has 13 heavy (non-hydrogen) atoms. The second-order valence-corrected chi connectivity index (χ2v) is 2.96.